The van der Waals surface area contributed by atoms with E-state index in [1.54, 1.807) is 73.7 Å². The van der Waals surface area contributed by atoms with Crippen LogP contribution in [0.15, 0.2) is 77.7 Å². The average Bonchev–Trinajstić information content (AvgIpc) is 3.28. The molecule has 1 aliphatic heterocycles. The molecule has 204 valence electrons. The Morgan fingerprint density at radius 2 is 1.82 bits per heavy atom. The lowest BCUT2D eigenvalue weighted by Gasteiger charge is -2.16. The summed E-state index contributed by atoms with van der Waals surface area (Å²) in [5, 5.41) is 17.1. The second-order valence-corrected chi connectivity index (χ2v) is 10.7. The molecule has 1 amide bonds. The summed E-state index contributed by atoms with van der Waals surface area (Å²) < 4.78 is 38.9. The van der Waals surface area contributed by atoms with E-state index in [4.69, 9.17) is 20.6 Å². The third-order valence-corrected chi connectivity index (χ3v) is 7.77. The topological polar surface area (TPSA) is 172 Å². The number of amidine groups is 1. The summed E-state index contributed by atoms with van der Waals surface area (Å²) in [6, 6.07) is 18.2. The van der Waals surface area contributed by atoms with Gasteiger partial charge in [0.25, 0.3) is 0 Å². The normalized spacial score (nSPS) is 16.0. The van der Waals surface area contributed by atoms with E-state index in [0.717, 1.165) is 0 Å². The first kappa shape index (κ1) is 27.6. The lowest BCUT2D eigenvalue weighted by Crippen LogP contribution is -2.42. The average molecular weight is 553 g/mol. The number of benzene rings is 3. The second kappa shape index (κ2) is 11.5. The standard InChI is InChI=1S/C27H28N4O7S/c1-17-4-2-3-5-24(17)39(35,36)30-23(26(32)33)14-18-6-12-21(13-7-18)37-16-22-15-31(27(34)38-22)20-10-8-19(9-11-20)25(28)29/h2-13,22-23,30H,14-16H2,1H3,(H3,28,29)(H,32,33). The quantitative estimate of drug-likeness (QED) is 0.208. The van der Waals surface area contributed by atoms with Crippen molar-refractivity contribution in [3.63, 3.8) is 0 Å². The predicted octanol–water partition coefficient (Wildman–Crippen LogP) is 2.66. The summed E-state index contributed by atoms with van der Waals surface area (Å²) in [6.45, 7) is 2.01. The van der Waals surface area contributed by atoms with Gasteiger partial charge in [-0.15, -0.1) is 0 Å². The molecule has 0 aliphatic carbocycles. The fraction of sp³-hybridized carbons (Fsp3) is 0.222. The molecule has 0 bridgehead atoms. The third-order valence-electron chi connectivity index (χ3n) is 6.14. The summed E-state index contributed by atoms with van der Waals surface area (Å²) in [6.07, 6.45) is -1.10. The van der Waals surface area contributed by atoms with Crippen LogP contribution in [0, 0.1) is 12.3 Å². The summed E-state index contributed by atoms with van der Waals surface area (Å²) >= 11 is 0. The molecule has 11 nitrogen and oxygen atoms in total. The first-order valence-corrected chi connectivity index (χ1v) is 13.5. The number of carbonyl (C=O) groups is 2. The van der Waals surface area contributed by atoms with Gasteiger partial charge < -0.3 is 20.3 Å². The molecule has 5 N–H and O–H groups in total. The Morgan fingerprint density at radius 1 is 1.15 bits per heavy atom. The van der Waals surface area contributed by atoms with Crippen molar-refractivity contribution in [3.8, 4) is 5.75 Å². The molecule has 3 aromatic rings. The van der Waals surface area contributed by atoms with E-state index >= 15 is 0 Å². The largest absolute Gasteiger partial charge is 0.490 e. The van der Waals surface area contributed by atoms with Crippen LogP contribution < -0.4 is 20.1 Å². The Balaban J connectivity index is 1.33. The minimum atomic E-state index is -4.03. The van der Waals surface area contributed by atoms with Crippen LogP contribution >= 0.6 is 0 Å². The van der Waals surface area contributed by atoms with E-state index in [0.29, 0.717) is 28.1 Å². The maximum atomic E-state index is 12.8. The van der Waals surface area contributed by atoms with E-state index in [1.807, 2.05) is 0 Å². The molecule has 0 spiro atoms. The van der Waals surface area contributed by atoms with Crippen molar-refractivity contribution < 1.29 is 32.6 Å². The van der Waals surface area contributed by atoms with Crippen molar-refractivity contribution in [2.45, 2.75) is 30.4 Å². The van der Waals surface area contributed by atoms with Crippen LogP contribution in [0.5, 0.6) is 5.75 Å². The molecule has 1 aliphatic rings. The maximum Gasteiger partial charge on any atom is 0.414 e. The van der Waals surface area contributed by atoms with E-state index in [2.05, 4.69) is 4.72 Å². The lowest BCUT2D eigenvalue weighted by atomic mass is 10.1. The van der Waals surface area contributed by atoms with Crippen molar-refractivity contribution in [1.29, 1.82) is 5.41 Å². The number of nitrogens with one attached hydrogen (secondary N) is 2. The monoisotopic (exact) mass is 552 g/mol. The molecular weight excluding hydrogens is 524 g/mol. The molecule has 3 aromatic carbocycles. The zero-order chi connectivity index (χ0) is 28.2. The number of rotatable bonds is 11. The zero-order valence-corrected chi connectivity index (χ0v) is 21.9. The fourth-order valence-corrected chi connectivity index (χ4v) is 5.51. The molecular formula is C27H28N4O7S. The van der Waals surface area contributed by atoms with Crippen molar-refractivity contribution >= 4 is 33.6 Å². The highest BCUT2D eigenvalue weighted by Gasteiger charge is 2.33. The molecule has 4 rings (SSSR count). The Hall–Kier alpha value is -4.42. The van der Waals surface area contributed by atoms with E-state index in [-0.39, 0.29) is 30.3 Å². The SMILES string of the molecule is Cc1ccccc1S(=O)(=O)NC(Cc1ccc(OCC2CN(c3ccc(C(=N)N)cc3)C(=O)O2)cc1)C(=O)O. The highest BCUT2D eigenvalue weighted by molar-refractivity contribution is 7.89. The fourth-order valence-electron chi connectivity index (χ4n) is 4.07. The summed E-state index contributed by atoms with van der Waals surface area (Å²) in [5.74, 6) is -0.882. The number of nitrogen functional groups attached to an aromatic ring is 1. The van der Waals surface area contributed by atoms with Gasteiger partial charge in [-0.1, -0.05) is 30.3 Å². The van der Waals surface area contributed by atoms with Gasteiger partial charge in [-0.25, -0.2) is 13.2 Å². The van der Waals surface area contributed by atoms with Crippen LogP contribution in [-0.4, -0.2) is 56.7 Å². The van der Waals surface area contributed by atoms with Gasteiger partial charge in [0.05, 0.1) is 11.4 Å². The van der Waals surface area contributed by atoms with Crippen molar-refractivity contribution in [2.75, 3.05) is 18.1 Å². The number of hydrogen-bond donors (Lipinski definition) is 4. The number of hydrogen-bond acceptors (Lipinski definition) is 7. The second-order valence-electron chi connectivity index (χ2n) is 9.01. The van der Waals surface area contributed by atoms with Gasteiger partial charge in [0.1, 0.15) is 24.2 Å². The molecule has 1 saturated heterocycles. The number of nitrogens with zero attached hydrogens (tertiary/aromatic N) is 1. The predicted molar refractivity (Wildman–Crippen MR) is 144 cm³/mol. The minimum Gasteiger partial charge on any atom is -0.490 e. The molecule has 2 unspecified atom stereocenters. The highest BCUT2D eigenvalue weighted by atomic mass is 32.2. The Morgan fingerprint density at radius 3 is 2.44 bits per heavy atom. The molecule has 0 aromatic heterocycles. The minimum absolute atomic E-state index is 0.0271. The highest BCUT2D eigenvalue weighted by Crippen LogP contribution is 2.23. The number of amides is 1. The van der Waals surface area contributed by atoms with Crippen LogP contribution in [0.25, 0.3) is 0 Å². The Labute approximate surface area is 225 Å². The lowest BCUT2D eigenvalue weighted by molar-refractivity contribution is -0.138. The van der Waals surface area contributed by atoms with E-state index in [9.17, 15) is 23.1 Å². The number of aryl methyl sites for hydroxylation is 1. The Bertz CT molecular complexity index is 1470. The van der Waals surface area contributed by atoms with Crippen molar-refractivity contribution in [2.24, 2.45) is 5.73 Å². The van der Waals surface area contributed by atoms with Gasteiger partial charge >= 0.3 is 12.1 Å². The van der Waals surface area contributed by atoms with Gasteiger partial charge in [-0.3, -0.25) is 15.1 Å². The number of carboxylic acids is 1. The van der Waals surface area contributed by atoms with Crippen molar-refractivity contribution in [3.05, 3.63) is 89.5 Å². The van der Waals surface area contributed by atoms with Gasteiger partial charge in [0.15, 0.2) is 6.10 Å². The number of aliphatic carboxylic acids is 1. The number of anilines is 1. The number of sulfonamides is 1. The van der Waals surface area contributed by atoms with Gasteiger partial charge in [-0.05, 0) is 66.9 Å². The van der Waals surface area contributed by atoms with Crippen LogP contribution in [0.1, 0.15) is 16.7 Å². The van der Waals surface area contributed by atoms with Crippen LogP contribution in [0.2, 0.25) is 0 Å². The molecule has 12 heteroatoms. The summed E-state index contributed by atoms with van der Waals surface area (Å²) in [4.78, 5) is 25.6. The number of cyclic esters (lactones) is 1. The number of carboxylic acid groups (broad SMARTS) is 1. The third kappa shape index (κ3) is 6.72. The van der Waals surface area contributed by atoms with E-state index < -0.39 is 34.2 Å². The summed E-state index contributed by atoms with van der Waals surface area (Å²) in [7, 11) is -4.03. The molecule has 39 heavy (non-hydrogen) atoms. The van der Waals surface area contributed by atoms with Crippen LogP contribution in [-0.2, 0) is 26.0 Å². The van der Waals surface area contributed by atoms with Gasteiger partial charge in [0.2, 0.25) is 10.0 Å². The van der Waals surface area contributed by atoms with Gasteiger partial charge in [0, 0.05) is 11.3 Å². The Kier molecular flexibility index (Phi) is 8.17. The molecule has 1 fully saturated rings. The zero-order valence-electron chi connectivity index (χ0n) is 21.0. The molecule has 0 radical (unpaired) electrons. The molecule has 1 heterocycles. The summed E-state index contributed by atoms with van der Waals surface area (Å²) in [5.41, 5.74) is 7.73. The molecule has 0 saturated carbocycles. The van der Waals surface area contributed by atoms with Crippen LogP contribution in [0.4, 0.5) is 10.5 Å². The number of nitrogens with two attached hydrogens (primary N) is 1. The first-order valence-electron chi connectivity index (χ1n) is 12.0. The molecule has 2 atom stereocenters. The number of ether oxygens (including phenoxy) is 2. The smallest absolute Gasteiger partial charge is 0.414 e. The van der Waals surface area contributed by atoms with E-state index in [1.165, 1.54) is 11.0 Å². The number of carbonyl (C=O) groups excluding carboxylic acids is 1. The van der Waals surface area contributed by atoms with Crippen molar-refractivity contribution in [1.82, 2.24) is 4.72 Å². The van der Waals surface area contributed by atoms with Gasteiger partial charge in [-0.2, -0.15) is 4.72 Å². The maximum absolute atomic E-state index is 12.8. The first-order chi connectivity index (χ1) is 18.5. The van der Waals surface area contributed by atoms with Crippen LogP contribution in [0.3, 0.4) is 0 Å².